The molecule has 1 aliphatic heterocycles. The fourth-order valence-electron chi connectivity index (χ4n) is 3.49. The maximum Gasteiger partial charge on any atom is 0.293 e. The standard InChI is InChI=1S/C25H18Cl2N2O6S/c1-34-22-11-15(9-10-21(22)35-14-17-18(26)6-4-7-19(17)27)12-23-24(30)28(25(31)36-23)13-16-5-2-3-8-20(16)29(32)33/h2-12H,13-14H2,1H3/b23-12-. The van der Waals surface area contributed by atoms with Crippen molar-refractivity contribution in [2.24, 2.45) is 0 Å². The Hall–Kier alpha value is -3.53. The number of halogens is 2. The molecule has 0 spiro atoms. The molecule has 4 rings (SSSR count). The molecule has 0 radical (unpaired) electrons. The van der Waals surface area contributed by atoms with Gasteiger partial charge in [0.05, 0.1) is 23.5 Å². The normalized spacial score (nSPS) is 14.4. The molecular formula is C25H18Cl2N2O6S. The van der Waals surface area contributed by atoms with Gasteiger partial charge in [-0.1, -0.05) is 53.5 Å². The summed E-state index contributed by atoms with van der Waals surface area (Å²) in [4.78, 5) is 37.3. The van der Waals surface area contributed by atoms with Gasteiger partial charge in [0.25, 0.3) is 16.8 Å². The third-order valence-corrected chi connectivity index (χ3v) is 6.93. The number of hydrogen-bond acceptors (Lipinski definition) is 7. The summed E-state index contributed by atoms with van der Waals surface area (Å²) in [6.45, 7) is -0.0708. The SMILES string of the molecule is COc1cc(/C=C2\SC(=O)N(Cc3ccccc3[N+](=O)[O-])C2=O)ccc1OCc1c(Cl)cccc1Cl. The number of carbonyl (C=O) groups excluding carboxylic acids is 2. The van der Waals surface area contributed by atoms with Gasteiger partial charge >= 0.3 is 0 Å². The van der Waals surface area contributed by atoms with Crippen LogP contribution >= 0.6 is 35.0 Å². The zero-order valence-electron chi connectivity index (χ0n) is 18.8. The van der Waals surface area contributed by atoms with Crippen molar-refractivity contribution in [3.63, 3.8) is 0 Å². The molecule has 1 fully saturated rings. The lowest BCUT2D eigenvalue weighted by atomic mass is 10.1. The molecule has 3 aromatic carbocycles. The number of thioether (sulfide) groups is 1. The van der Waals surface area contributed by atoms with E-state index in [-0.39, 0.29) is 29.3 Å². The molecule has 0 bridgehead atoms. The van der Waals surface area contributed by atoms with Crippen LogP contribution in [0.3, 0.4) is 0 Å². The molecule has 11 heteroatoms. The molecular weight excluding hydrogens is 527 g/mol. The van der Waals surface area contributed by atoms with E-state index in [0.717, 1.165) is 16.7 Å². The number of nitrogens with zero attached hydrogens (tertiary/aromatic N) is 2. The fourth-order valence-corrected chi connectivity index (χ4v) is 4.84. The predicted octanol–water partition coefficient (Wildman–Crippen LogP) is 6.73. The second kappa shape index (κ2) is 11.0. The van der Waals surface area contributed by atoms with Crippen LogP contribution in [0.15, 0.2) is 65.6 Å². The molecule has 3 aromatic rings. The molecule has 0 aromatic heterocycles. The molecule has 0 atom stereocenters. The molecule has 0 unspecified atom stereocenters. The minimum atomic E-state index is -0.542. The van der Waals surface area contributed by atoms with Crippen molar-refractivity contribution >= 4 is 57.9 Å². The van der Waals surface area contributed by atoms with Crippen molar-refractivity contribution in [1.82, 2.24) is 4.90 Å². The van der Waals surface area contributed by atoms with Crippen LogP contribution in [0.1, 0.15) is 16.7 Å². The monoisotopic (exact) mass is 544 g/mol. The quantitative estimate of drug-likeness (QED) is 0.176. The molecule has 36 heavy (non-hydrogen) atoms. The van der Waals surface area contributed by atoms with Gasteiger partial charge in [-0.25, -0.2) is 0 Å². The molecule has 2 amide bonds. The van der Waals surface area contributed by atoms with Crippen LogP contribution in [-0.4, -0.2) is 28.1 Å². The van der Waals surface area contributed by atoms with Crippen LogP contribution < -0.4 is 9.47 Å². The average Bonchev–Trinajstić information content (AvgIpc) is 3.11. The summed E-state index contributed by atoms with van der Waals surface area (Å²) in [5.41, 5.74) is 1.36. The summed E-state index contributed by atoms with van der Waals surface area (Å²) in [7, 11) is 1.48. The van der Waals surface area contributed by atoms with Crippen LogP contribution in [0, 0.1) is 10.1 Å². The van der Waals surface area contributed by atoms with E-state index in [4.69, 9.17) is 32.7 Å². The smallest absolute Gasteiger partial charge is 0.293 e. The lowest BCUT2D eigenvalue weighted by Crippen LogP contribution is -2.27. The molecule has 184 valence electrons. The van der Waals surface area contributed by atoms with Crippen molar-refractivity contribution in [1.29, 1.82) is 0 Å². The highest BCUT2D eigenvalue weighted by Gasteiger charge is 2.36. The summed E-state index contributed by atoms with van der Waals surface area (Å²) in [5, 5.41) is 11.7. The summed E-state index contributed by atoms with van der Waals surface area (Å²) < 4.78 is 11.3. The number of amides is 2. The summed E-state index contributed by atoms with van der Waals surface area (Å²) >= 11 is 13.2. The first-order valence-electron chi connectivity index (χ1n) is 10.5. The Labute approximate surface area is 220 Å². The Morgan fingerprint density at radius 1 is 1.03 bits per heavy atom. The number of imide groups is 1. The minimum absolute atomic E-state index is 0.124. The number of carbonyl (C=O) groups is 2. The Kier molecular flexibility index (Phi) is 7.83. The largest absolute Gasteiger partial charge is 0.493 e. The zero-order valence-corrected chi connectivity index (χ0v) is 21.1. The van der Waals surface area contributed by atoms with Crippen molar-refractivity contribution in [2.45, 2.75) is 13.2 Å². The van der Waals surface area contributed by atoms with E-state index in [2.05, 4.69) is 0 Å². The van der Waals surface area contributed by atoms with Crippen LogP contribution in [0.25, 0.3) is 6.08 Å². The van der Waals surface area contributed by atoms with Crippen molar-refractivity contribution in [3.05, 3.63) is 102 Å². The number of methoxy groups -OCH3 is 1. The molecule has 1 saturated heterocycles. The zero-order chi connectivity index (χ0) is 25.8. The summed E-state index contributed by atoms with van der Waals surface area (Å²) in [6, 6.07) is 16.2. The number of para-hydroxylation sites is 1. The van der Waals surface area contributed by atoms with Gasteiger partial charge in [0.2, 0.25) is 0 Å². The topological polar surface area (TPSA) is 99.0 Å². The Balaban J connectivity index is 1.52. The lowest BCUT2D eigenvalue weighted by molar-refractivity contribution is -0.385. The van der Waals surface area contributed by atoms with Gasteiger partial charge in [0, 0.05) is 27.2 Å². The fraction of sp³-hybridized carbons (Fsp3) is 0.120. The number of hydrogen-bond donors (Lipinski definition) is 0. The van der Waals surface area contributed by atoms with Gasteiger partial charge in [0.1, 0.15) is 6.61 Å². The third-order valence-electron chi connectivity index (χ3n) is 5.31. The molecule has 0 N–H and O–H groups in total. The molecule has 1 heterocycles. The summed E-state index contributed by atoms with van der Waals surface area (Å²) in [6.07, 6.45) is 1.56. The van der Waals surface area contributed by atoms with Crippen LogP contribution in [0.4, 0.5) is 10.5 Å². The summed E-state index contributed by atoms with van der Waals surface area (Å²) in [5.74, 6) is 0.317. The van der Waals surface area contributed by atoms with Crippen molar-refractivity contribution in [2.75, 3.05) is 7.11 Å². The highest BCUT2D eigenvalue weighted by molar-refractivity contribution is 8.18. The molecule has 1 aliphatic rings. The van der Waals surface area contributed by atoms with Gasteiger partial charge in [-0.3, -0.25) is 24.6 Å². The van der Waals surface area contributed by atoms with Crippen LogP contribution in [0.5, 0.6) is 11.5 Å². The number of benzene rings is 3. The van der Waals surface area contributed by atoms with Gasteiger partial charge in [0.15, 0.2) is 11.5 Å². The van der Waals surface area contributed by atoms with E-state index in [0.29, 0.717) is 32.7 Å². The lowest BCUT2D eigenvalue weighted by Gasteiger charge is -2.13. The number of nitro groups is 1. The first kappa shape index (κ1) is 25.6. The average molecular weight is 545 g/mol. The number of nitro benzene ring substituents is 1. The second-order valence-electron chi connectivity index (χ2n) is 7.55. The first-order chi connectivity index (χ1) is 17.3. The maximum absolute atomic E-state index is 12.9. The first-order valence-corrected chi connectivity index (χ1v) is 12.1. The van der Waals surface area contributed by atoms with Crippen molar-refractivity contribution < 1.29 is 24.0 Å². The molecule has 0 saturated carbocycles. The Bertz CT molecular complexity index is 1370. The predicted molar refractivity (Wildman–Crippen MR) is 138 cm³/mol. The number of rotatable bonds is 8. The highest BCUT2D eigenvalue weighted by atomic mass is 35.5. The molecule has 8 nitrogen and oxygen atoms in total. The van der Waals surface area contributed by atoms with Gasteiger partial charge in [-0.05, 0) is 47.7 Å². The second-order valence-corrected chi connectivity index (χ2v) is 9.36. The van der Waals surface area contributed by atoms with E-state index in [1.165, 1.54) is 25.3 Å². The van der Waals surface area contributed by atoms with E-state index in [1.54, 1.807) is 48.5 Å². The van der Waals surface area contributed by atoms with Gasteiger partial charge in [-0.15, -0.1) is 0 Å². The van der Waals surface area contributed by atoms with Gasteiger partial charge in [-0.2, -0.15) is 0 Å². The molecule has 0 aliphatic carbocycles. The van der Waals surface area contributed by atoms with Crippen molar-refractivity contribution in [3.8, 4) is 11.5 Å². The van der Waals surface area contributed by atoms with E-state index >= 15 is 0 Å². The third kappa shape index (κ3) is 5.48. The Morgan fingerprint density at radius 2 is 1.75 bits per heavy atom. The van der Waals surface area contributed by atoms with Gasteiger partial charge < -0.3 is 9.47 Å². The minimum Gasteiger partial charge on any atom is -0.493 e. The number of ether oxygens (including phenoxy) is 2. The Morgan fingerprint density at radius 3 is 2.44 bits per heavy atom. The van der Waals surface area contributed by atoms with E-state index in [9.17, 15) is 19.7 Å². The maximum atomic E-state index is 12.9. The highest BCUT2D eigenvalue weighted by Crippen LogP contribution is 2.36. The van der Waals surface area contributed by atoms with E-state index < -0.39 is 16.1 Å². The van der Waals surface area contributed by atoms with E-state index in [1.807, 2.05) is 0 Å². The van der Waals surface area contributed by atoms with Crippen LogP contribution in [0.2, 0.25) is 10.0 Å². The van der Waals surface area contributed by atoms with Crippen LogP contribution in [-0.2, 0) is 17.9 Å².